The Morgan fingerprint density at radius 2 is 2.07 bits per heavy atom. The van der Waals surface area contributed by atoms with E-state index < -0.39 is 0 Å². The summed E-state index contributed by atoms with van der Waals surface area (Å²) in [7, 11) is 0. The lowest BCUT2D eigenvalue weighted by atomic mass is 9.86. The van der Waals surface area contributed by atoms with Crippen LogP contribution in [0.5, 0.6) is 0 Å². The maximum atomic E-state index is 5.73. The van der Waals surface area contributed by atoms with Crippen LogP contribution in [0.15, 0.2) is 0 Å². The molecule has 1 heterocycles. The Morgan fingerprint density at radius 3 is 2.47 bits per heavy atom. The molecule has 2 unspecified atom stereocenters. The van der Waals surface area contributed by atoms with Crippen LogP contribution in [0.3, 0.4) is 0 Å². The second kappa shape index (κ2) is 6.12. The molecule has 2 atom stereocenters. The van der Waals surface area contributed by atoms with Crippen molar-refractivity contribution >= 4 is 11.8 Å². The van der Waals surface area contributed by atoms with Gasteiger partial charge in [0.1, 0.15) is 0 Å². The van der Waals surface area contributed by atoms with E-state index in [1.165, 1.54) is 37.9 Å². The van der Waals surface area contributed by atoms with E-state index in [0.29, 0.717) is 10.8 Å². The van der Waals surface area contributed by atoms with Crippen molar-refractivity contribution in [3.05, 3.63) is 0 Å². The van der Waals surface area contributed by atoms with Crippen LogP contribution in [0.4, 0.5) is 0 Å². The summed E-state index contributed by atoms with van der Waals surface area (Å²) in [6, 6.07) is 0.481. The third-order valence-corrected chi connectivity index (χ3v) is 5.55. The molecule has 3 N–H and O–H groups in total. The number of hydrazine groups is 1. The predicted octanol–water partition coefficient (Wildman–Crippen LogP) is 2.93. The van der Waals surface area contributed by atoms with Gasteiger partial charge in [-0.2, -0.15) is 11.8 Å². The first-order valence-electron chi connectivity index (χ1n) is 6.26. The van der Waals surface area contributed by atoms with Crippen molar-refractivity contribution < 1.29 is 0 Å². The van der Waals surface area contributed by atoms with E-state index in [-0.39, 0.29) is 0 Å². The molecule has 0 aliphatic carbocycles. The summed E-state index contributed by atoms with van der Waals surface area (Å²) in [6.07, 6.45) is 6.44. The quantitative estimate of drug-likeness (QED) is 0.544. The predicted molar refractivity (Wildman–Crippen MR) is 69.9 cm³/mol. The van der Waals surface area contributed by atoms with Gasteiger partial charge in [0, 0.05) is 10.8 Å². The topological polar surface area (TPSA) is 38.0 Å². The molecule has 90 valence electrons. The van der Waals surface area contributed by atoms with Crippen molar-refractivity contribution in [3.8, 4) is 0 Å². The van der Waals surface area contributed by atoms with Crippen LogP contribution < -0.4 is 11.3 Å². The molecule has 0 spiro atoms. The summed E-state index contributed by atoms with van der Waals surface area (Å²) in [5, 5.41) is 0. The molecule has 15 heavy (non-hydrogen) atoms. The van der Waals surface area contributed by atoms with Crippen LogP contribution in [0, 0.1) is 5.92 Å². The van der Waals surface area contributed by atoms with E-state index in [4.69, 9.17) is 5.84 Å². The fraction of sp³-hybridized carbons (Fsp3) is 1.00. The second-order valence-electron chi connectivity index (χ2n) is 4.90. The van der Waals surface area contributed by atoms with Gasteiger partial charge in [0.25, 0.3) is 0 Å². The number of nitrogens with one attached hydrogen (secondary N) is 1. The summed E-state index contributed by atoms with van der Waals surface area (Å²) in [4.78, 5) is 0. The van der Waals surface area contributed by atoms with Gasteiger partial charge in [0.15, 0.2) is 0 Å². The van der Waals surface area contributed by atoms with Crippen LogP contribution in [0.2, 0.25) is 0 Å². The van der Waals surface area contributed by atoms with E-state index in [1.807, 2.05) is 0 Å². The number of thioether (sulfide) groups is 1. The summed E-state index contributed by atoms with van der Waals surface area (Å²) >= 11 is 2.10. The third kappa shape index (κ3) is 3.36. The Kier molecular flexibility index (Phi) is 5.44. The molecule has 0 amide bonds. The Hall–Kier alpha value is 0.270. The largest absolute Gasteiger partial charge is 0.271 e. The lowest BCUT2D eigenvalue weighted by molar-refractivity contribution is 0.315. The lowest BCUT2D eigenvalue weighted by Crippen LogP contribution is -2.49. The highest BCUT2D eigenvalue weighted by Gasteiger charge is 2.37. The SMILES string of the molecule is CCC(CC)CC(NN)C1(C)CCCS1. The molecule has 1 aliphatic rings. The van der Waals surface area contributed by atoms with E-state index in [0.717, 1.165) is 5.92 Å². The molecular weight excluding hydrogens is 204 g/mol. The summed E-state index contributed by atoms with van der Waals surface area (Å²) in [5.41, 5.74) is 3.06. The Labute approximate surface area is 98.7 Å². The van der Waals surface area contributed by atoms with E-state index in [2.05, 4.69) is 38.0 Å². The van der Waals surface area contributed by atoms with Gasteiger partial charge in [-0.05, 0) is 37.9 Å². The average molecular weight is 230 g/mol. The Balaban J connectivity index is 2.54. The zero-order chi connectivity index (χ0) is 11.3. The molecule has 1 fully saturated rings. The van der Waals surface area contributed by atoms with E-state index in [9.17, 15) is 0 Å². The third-order valence-electron chi connectivity index (χ3n) is 3.91. The van der Waals surface area contributed by atoms with Gasteiger partial charge in [-0.15, -0.1) is 0 Å². The van der Waals surface area contributed by atoms with Crippen LogP contribution in [0.1, 0.15) is 52.9 Å². The molecule has 2 nitrogen and oxygen atoms in total. The monoisotopic (exact) mass is 230 g/mol. The van der Waals surface area contributed by atoms with Crippen LogP contribution in [-0.2, 0) is 0 Å². The number of rotatable bonds is 6. The molecule has 0 bridgehead atoms. The maximum absolute atomic E-state index is 5.73. The number of nitrogens with two attached hydrogens (primary N) is 1. The minimum absolute atomic E-state index is 0.372. The van der Waals surface area contributed by atoms with Gasteiger partial charge in [0.2, 0.25) is 0 Å². The highest BCUT2D eigenvalue weighted by Crippen LogP contribution is 2.42. The molecule has 1 aliphatic heterocycles. The molecule has 0 saturated carbocycles. The van der Waals surface area contributed by atoms with Gasteiger partial charge < -0.3 is 0 Å². The van der Waals surface area contributed by atoms with Gasteiger partial charge in [0.05, 0.1) is 0 Å². The van der Waals surface area contributed by atoms with Crippen molar-refractivity contribution in [2.75, 3.05) is 5.75 Å². The minimum atomic E-state index is 0.372. The first kappa shape index (κ1) is 13.3. The first-order valence-corrected chi connectivity index (χ1v) is 7.25. The van der Waals surface area contributed by atoms with Gasteiger partial charge in [-0.3, -0.25) is 11.3 Å². The van der Waals surface area contributed by atoms with Gasteiger partial charge in [-0.1, -0.05) is 26.7 Å². The number of hydrogen-bond donors (Lipinski definition) is 2. The standard InChI is InChI=1S/C12H26N2S/c1-4-10(5-2)9-11(14-13)12(3)7-6-8-15-12/h10-11,14H,4-9,13H2,1-3H3. The smallest absolute Gasteiger partial charge is 0.0357 e. The minimum Gasteiger partial charge on any atom is -0.271 e. The van der Waals surface area contributed by atoms with Crippen molar-refractivity contribution in [1.29, 1.82) is 0 Å². The maximum Gasteiger partial charge on any atom is 0.0357 e. The molecule has 1 saturated heterocycles. The zero-order valence-corrected chi connectivity index (χ0v) is 11.2. The Bertz CT molecular complexity index is 174. The van der Waals surface area contributed by atoms with E-state index in [1.54, 1.807) is 0 Å². The molecule has 0 aromatic heterocycles. The van der Waals surface area contributed by atoms with Crippen LogP contribution >= 0.6 is 11.8 Å². The van der Waals surface area contributed by atoms with Crippen molar-refractivity contribution in [2.24, 2.45) is 11.8 Å². The lowest BCUT2D eigenvalue weighted by Gasteiger charge is -2.35. The summed E-state index contributed by atoms with van der Waals surface area (Å²) in [6.45, 7) is 6.94. The van der Waals surface area contributed by atoms with Crippen molar-refractivity contribution in [2.45, 2.75) is 63.7 Å². The normalized spacial score (nSPS) is 28.6. The van der Waals surface area contributed by atoms with Crippen molar-refractivity contribution in [3.63, 3.8) is 0 Å². The summed E-state index contributed by atoms with van der Waals surface area (Å²) in [5.74, 6) is 7.86. The highest BCUT2D eigenvalue weighted by atomic mass is 32.2. The van der Waals surface area contributed by atoms with Crippen LogP contribution in [-0.4, -0.2) is 16.5 Å². The van der Waals surface area contributed by atoms with Gasteiger partial charge >= 0.3 is 0 Å². The molecule has 1 rings (SSSR count). The van der Waals surface area contributed by atoms with E-state index >= 15 is 0 Å². The molecule has 0 aromatic rings. The average Bonchev–Trinajstić information content (AvgIpc) is 2.68. The zero-order valence-electron chi connectivity index (χ0n) is 10.4. The highest BCUT2D eigenvalue weighted by molar-refractivity contribution is 8.00. The summed E-state index contributed by atoms with van der Waals surface area (Å²) < 4.78 is 0.372. The first-order chi connectivity index (χ1) is 7.16. The van der Waals surface area contributed by atoms with Crippen LogP contribution in [0.25, 0.3) is 0 Å². The second-order valence-corrected chi connectivity index (χ2v) is 6.53. The Morgan fingerprint density at radius 1 is 1.40 bits per heavy atom. The molecule has 0 aromatic carbocycles. The van der Waals surface area contributed by atoms with Crippen molar-refractivity contribution in [1.82, 2.24) is 5.43 Å². The fourth-order valence-corrected chi connectivity index (χ4v) is 3.93. The molecule has 0 radical (unpaired) electrons. The molecular formula is C12H26N2S. The van der Waals surface area contributed by atoms with Gasteiger partial charge in [-0.25, -0.2) is 0 Å². The molecule has 3 heteroatoms. The fourth-order valence-electron chi connectivity index (χ4n) is 2.52. The number of hydrogen-bond acceptors (Lipinski definition) is 3.